The van der Waals surface area contributed by atoms with Crippen LogP contribution in [0.4, 0.5) is 5.69 Å². The Balaban J connectivity index is 1.67. The molecule has 0 unspecified atom stereocenters. The number of hydrogen-bond donors (Lipinski definition) is 3. The van der Waals surface area contributed by atoms with Crippen LogP contribution in [0.2, 0.25) is 0 Å². The van der Waals surface area contributed by atoms with Gasteiger partial charge in [0, 0.05) is 36.7 Å². The molecule has 1 aromatic rings. The molecule has 1 saturated carbocycles. The number of rotatable bonds is 8. The Hall–Kier alpha value is -2.37. The van der Waals surface area contributed by atoms with E-state index in [0.29, 0.717) is 36.7 Å². The number of carbonyl (C=O) groups excluding carboxylic acids is 3. The van der Waals surface area contributed by atoms with Gasteiger partial charge in [-0.25, -0.2) is 0 Å². The molecule has 1 fully saturated rings. The van der Waals surface area contributed by atoms with Crippen molar-refractivity contribution < 1.29 is 14.4 Å². The van der Waals surface area contributed by atoms with Crippen molar-refractivity contribution in [1.82, 2.24) is 10.6 Å². The third-order valence-corrected chi connectivity index (χ3v) is 4.62. The lowest BCUT2D eigenvalue weighted by molar-refractivity contribution is -0.122. The van der Waals surface area contributed by atoms with Gasteiger partial charge in [-0.2, -0.15) is 0 Å². The minimum atomic E-state index is -0.197. The van der Waals surface area contributed by atoms with Crippen LogP contribution in [0, 0.1) is 11.8 Å². The molecule has 3 amide bonds. The van der Waals surface area contributed by atoms with E-state index in [1.54, 1.807) is 24.3 Å². The molecular formula is C20H29N3O3. The van der Waals surface area contributed by atoms with Gasteiger partial charge in [-0.15, -0.1) is 0 Å². The molecule has 26 heavy (non-hydrogen) atoms. The summed E-state index contributed by atoms with van der Waals surface area (Å²) in [5.74, 6) is 0.241. The Labute approximate surface area is 155 Å². The Bertz CT molecular complexity index is 620. The molecule has 142 valence electrons. The number of benzene rings is 1. The van der Waals surface area contributed by atoms with Crippen LogP contribution >= 0.6 is 0 Å². The van der Waals surface area contributed by atoms with Crippen LogP contribution in [0.5, 0.6) is 0 Å². The Morgan fingerprint density at radius 2 is 1.62 bits per heavy atom. The van der Waals surface area contributed by atoms with Crippen LogP contribution in [-0.2, 0) is 9.59 Å². The molecule has 1 aliphatic rings. The van der Waals surface area contributed by atoms with Crippen LogP contribution in [0.3, 0.4) is 0 Å². The maximum Gasteiger partial charge on any atom is 0.251 e. The summed E-state index contributed by atoms with van der Waals surface area (Å²) in [6, 6.07) is 6.75. The summed E-state index contributed by atoms with van der Waals surface area (Å²) >= 11 is 0. The largest absolute Gasteiger partial charge is 0.354 e. The fourth-order valence-electron chi connectivity index (χ4n) is 3.02. The number of hydrogen-bond acceptors (Lipinski definition) is 3. The molecule has 0 radical (unpaired) electrons. The minimum Gasteiger partial charge on any atom is -0.354 e. The van der Waals surface area contributed by atoms with Crippen LogP contribution in [-0.4, -0.2) is 30.8 Å². The van der Waals surface area contributed by atoms with E-state index in [1.165, 1.54) is 12.8 Å². The molecule has 6 nitrogen and oxygen atoms in total. The Kier molecular flexibility index (Phi) is 7.63. The molecule has 6 heteroatoms. The molecule has 0 atom stereocenters. The van der Waals surface area contributed by atoms with Gasteiger partial charge in [0.25, 0.3) is 5.91 Å². The minimum absolute atomic E-state index is 0.0597. The van der Waals surface area contributed by atoms with Crippen LogP contribution in [0.15, 0.2) is 24.3 Å². The highest BCUT2D eigenvalue weighted by Crippen LogP contribution is 2.27. The maximum atomic E-state index is 12.1. The summed E-state index contributed by atoms with van der Waals surface area (Å²) in [5, 5.41) is 8.43. The highest BCUT2D eigenvalue weighted by molar-refractivity contribution is 5.96. The second kappa shape index (κ2) is 9.94. The summed E-state index contributed by atoms with van der Waals surface area (Å²) in [7, 11) is 0. The lowest BCUT2D eigenvalue weighted by Crippen LogP contribution is -2.35. The Morgan fingerprint density at radius 1 is 1.00 bits per heavy atom. The van der Waals surface area contributed by atoms with E-state index < -0.39 is 0 Å². The van der Waals surface area contributed by atoms with Crippen molar-refractivity contribution in [3.05, 3.63) is 29.8 Å². The van der Waals surface area contributed by atoms with Crippen molar-refractivity contribution in [2.45, 2.75) is 46.0 Å². The summed E-state index contributed by atoms with van der Waals surface area (Å²) in [6.45, 7) is 4.47. The van der Waals surface area contributed by atoms with E-state index in [0.717, 1.165) is 12.8 Å². The Morgan fingerprint density at radius 3 is 2.23 bits per heavy atom. The quantitative estimate of drug-likeness (QED) is 0.624. The van der Waals surface area contributed by atoms with E-state index >= 15 is 0 Å². The fraction of sp³-hybridized carbons (Fsp3) is 0.550. The van der Waals surface area contributed by atoms with Gasteiger partial charge < -0.3 is 16.0 Å². The zero-order valence-electron chi connectivity index (χ0n) is 15.6. The highest BCUT2D eigenvalue weighted by Gasteiger charge is 2.18. The molecule has 0 bridgehead atoms. The molecule has 0 heterocycles. The summed E-state index contributed by atoms with van der Waals surface area (Å²) in [5.41, 5.74) is 1.18. The number of carbonyl (C=O) groups is 3. The second-order valence-electron chi connectivity index (χ2n) is 7.18. The van der Waals surface area contributed by atoms with Gasteiger partial charge in [-0.3, -0.25) is 14.4 Å². The predicted octanol–water partition coefficient (Wildman–Crippen LogP) is 2.71. The van der Waals surface area contributed by atoms with Crippen LogP contribution in [0.1, 0.15) is 56.3 Å². The van der Waals surface area contributed by atoms with Gasteiger partial charge >= 0.3 is 0 Å². The van der Waals surface area contributed by atoms with Crippen molar-refractivity contribution in [2.75, 3.05) is 18.4 Å². The third-order valence-electron chi connectivity index (χ3n) is 4.62. The molecule has 2 rings (SSSR count). The van der Waals surface area contributed by atoms with Gasteiger partial charge in [0.15, 0.2) is 0 Å². The van der Waals surface area contributed by atoms with Crippen molar-refractivity contribution in [3.8, 4) is 0 Å². The molecule has 3 N–H and O–H groups in total. The fourth-order valence-corrected chi connectivity index (χ4v) is 3.02. The summed E-state index contributed by atoms with van der Waals surface area (Å²) < 4.78 is 0. The lowest BCUT2D eigenvalue weighted by atomic mass is 10.0. The standard InChI is InChI=1S/C20H29N3O3/c1-14(2)19(25)23-17-9-7-16(8-10-17)20(26)22-12-11-21-18(24)13-15-5-3-4-6-15/h7-10,14-15H,3-6,11-13H2,1-2H3,(H,21,24)(H,22,26)(H,23,25). The van der Waals surface area contributed by atoms with Gasteiger partial charge in [0.05, 0.1) is 0 Å². The SMILES string of the molecule is CC(C)C(=O)Nc1ccc(C(=O)NCCNC(=O)CC2CCCC2)cc1. The molecule has 0 spiro atoms. The first-order chi connectivity index (χ1) is 12.5. The smallest absolute Gasteiger partial charge is 0.251 e. The third kappa shape index (κ3) is 6.50. The average Bonchev–Trinajstić information content (AvgIpc) is 3.12. The van der Waals surface area contributed by atoms with E-state index in [9.17, 15) is 14.4 Å². The van der Waals surface area contributed by atoms with Crippen molar-refractivity contribution in [2.24, 2.45) is 11.8 Å². The lowest BCUT2D eigenvalue weighted by Gasteiger charge is -2.11. The topological polar surface area (TPSA) is 87.3 Å². The monoisotopic (exact) mass is 359 g/mol. The normalized spacial score (nSPS) is 14.3. The number of amides is 3. The maximum absolute atomic E-state index is 12.1. The van der Waals surface area contributed by atoms with E-state index in [-0.39, 0.29) is 23.6 Å². The molecule has 1 aliphatic carbocycles. The summed E-state index contributed by atoms with van der Waals surface area (Å²) in [4.78, 5) is 35.6. The van der Waals surface area contributed by atoms with E-state index in [1.807, 2.05) is 13.8 Å². The van der Waals surface area contributed by atoms with Crippen LogP contribution < -0.4 is 16.0 Å². The first kappa shape index (κ1) is 19.9. The summed E-state index contributed by atoms with van der Waals surface area (Å²) in [6.07, 6.45) is 5.36. The zero-order valence-corrected chi connectivity index (χ0v) is 15.6. The highest BCUT2D eigenvalue weighted by atomic mass is 16.2. The molecule has 0 saturated heterocycles. The van der Waals surface area contributed by atoms with E-state index in [2.05, 4.69) is 16.0 Å². The van der Waals surface area contributed by atoms with Crippen molar-refractivity contribution in [1.29, 1.82) is 0 Å². The average molecular weight is 359 g/mol. The van der Waals surface area contributed by atoms with Gasteiger partial charge in [-0.1, -0.05) is 26.7 Å². The second-order valence-corrected chi connectivity index (χ2v) is 7.18. The molecule has 1 aromatic carbocycles. The van der Waals surface area contributed by atoms with Gasteiger partial charge in [-0.05, 0) is 43.0 Å². The number of nitrogens with one attached hydrogen (secondary N) is 3. The van der Waals surface area contributed by atoms with Gasteiger partial charge in [0.2, 0.25) is 11.8 Å². The van der Waals surface area contributed by atoms with Crippen molar-refractivity contribution in [3.63, 3.8) is 0 Å². The molecular weight excluding hydrogens is 330 g/mol. The van der Waals surface area contributed by atoms with E-state index in [4.69, 9.17) is 0 Å². The first-order valence-electron chi connectivity index (χ1n) is 9.41. The van der Waals surface area contributed by atoms with Crippen LogP contribution in [0.25, 0.3) is 0 Å². The molecule has 0 aromatic heterocycles. The van der Waals surface area contributed by atoms with Gasteiger partial charge in [0.1, 0.15) is 0 Å². The first-order valence-corrected chi connectivity index (χ1v) is 9.41. The van der Waals surface area contributed by atoms with Crippen molar-refractivity contribution >= 4 is 23.4 Å². The number of anilines is 1. The predicted molar refractivity (Wildman–Crippen MR) is 102 cm³/mol. The molecule has 0 aliphatic heterocycles. The zero-order chi connectivity index (χ0) is 18.9.